The van der Waals surface area contributed by atoms with Gasteiger partial charge in [-0.2, -0.15) is 0 Å². The Balaban J connectivity index is 1.96. The molecule has 0 heterocycles. The van der Waals surface area contributed by atoms with Gasteiger partial charge in [0.05, 0.1) is 17.5 Å². The maximum atomic E-state index is 11.9. The van der Waals surface area contributed by atoms with Crippen LogP contribution in [0.3, 0.4) is 0 Å². The lowest BCUT2D eigenvalue weighted by Gasteiger charge is -2.14. The molecule has 1 fully saturated rings. The molecule has 114 valence electrons. The van der Waals surface area contributed by atoms with Gasteiger partial charge in [0.1, 0.15) is 0 Å². The summed E-state index contributed by atoms with van der Waals surface area (Å²) >= 11 is 9.64. The minimum absolute atomic E-state index is 0.136. The molecular formula is C18H16BrClO2. The first-order valence-corrected chi connectivity index (χ1v) is 8.30. The first-order valence-electron chi connectivity index (χ1n) is 7.13. The van der Waals surface area contributed by atoms with Gasteiger partial charge in [0, 0.05) is 4.47 Å². The first kappa shape index (κ1) is 15.6. The second kappa shape index (κ2) is 5.71. The van der Waals surface area contributed by atoms with Crippen molar-refractivity contribution in [3.63, 3.8) is 0 Å². The maximum absolute atomic E-state index is 11.9. The Labute approximate surface area is 143 Å². The van der Waals surface area contributed by atoms with Gasteiger partial charge in [0.15, 0.2) is 0 Å². The van der Waals surface area contributed by atoms with Crippen molar-refractivity contribution in [1.29, 1.82) is 0 Å². The zero-order valence-electron chi connectivity index (χ0n) is 12.5. The van der Waals surface area contributed by atoms with Gasteiger partial charge in [0.2, 0.25) is 0 Å². The number of esters is 1. The van der Waals surface area contributed by atoms with Crippen molar-refractivity contribution < 1.29 is 9.53 Å². The van der Waals surface area contributed by atoms with Gasteiger partial charge >= 0.3 is 5.97 Å². The molecule has 3 rings (SSSR count). The number of ether oxygens (including phenoxy) is 1. The Hall–Kier alpha value is -1.32. The van der Waals surface area contributed by atoms with E-state index in [1.54, 1.807) is 0 Å². The van der Waals surface area contributed by atoms with Gasteiger partial charge < -0.3 is 4.74 Å². The molecule has 1 saturated carbocycles. The number of methoxy groups -OCH3 is 1. The molecule has 0 aromatic heterocycles. The molecular weight excluding hydrogens is 364 g/mol. The van der Waals surface area contributed by atoms with E-state index in [0.29, 0.717) is 5.02 Å². The van der Waals surface area contributed by atoms with Crippen LogP contribution in [0.1, 0.15) is 24.0 Å². The van der Waals surface area contributed by atoms with E-state index in [2.05, 4.69) is 22.9 Å². The average Bonchev–Trinajstić information content (AvgIpc) is 3.32. The maximum Gasteiger partial charge on any atom is 0.316 e. The highest BCUT2D eigenvalue weighted by Gasteiger charge is 2.52. The summed E-state index contributed by atoms with van der Waals surface area (Å²) in [5.74, 6) is -0.136. The molecule has 0 aliphatic heterocycles. The van der Waals surface area contributed by atoms with E-state index in [1.165, 1.54) is 7.11 Å². The summed E-state index contributed by atoms with van der Waals surface area (Å²) in [7, 11) is 1.45. The van der Waals surface area contributed by atoms with Crippen LogP contribution in [0.25, 0.3) is 11.1 Å². The van der Waals surface area contributed by atoms with E-state index in [-0.39, 0.29) is 5.97 Å². The third-order valence-electron chi connectivity index (χ3n) is 4.34. The Morgan fingerprint density at radius 2 is 1.86 bits per heavy atom. The average molecular weight is 380 g/mol. The van der Waals surface area contributed by atoms with Gasteiger partial charge in [-0.3, -0.25) is 4.79 Å². The van der Waals surface area contributed by atoms with Crippen LogP contribution < -0.4 is 0 Å². The lowest BCUT2D eigenvalue weighted by Crippen LogP contribution is -2.21. The number of hydrogen-bond acceptors (Lipinski definition) is 2. The number of aryl methyl sites for hydroxylation is 1. The molecule has 0 atom stereocenters. The first-order chi connectivity index (χ1) is 10.5. The zero-order chi connectivity index (χ0) is 15.9. The Morgan fingerprint density at radius 3 is 2.41 bits per heavy atom. The van der Waals surface area contributed by atoms with Crippen molar-refractivity contribution in [2.45, 2.75) is 25.2 Å². The van der Waals surface area contributed by atoms with Crippen LogP contribution in [0.2, 0.25) is 5.02 Å². The van der Waals surface area contributed by atoms with Gasteiger partial charge in [0.25, 0.3) is 0 Å². The van der Waals surface area contributed by atoms with Gasteiger partial charge in [-0.25, -0.2) is 0 Å². The number of halogens is 2. The SMILES string of the molecule is COC(=O)C1(c2ccc(-c3cc(Cl)c(Br)cc3C)cc2)CC1. The summed E-state index contributed by atoms with van der Waals surface area (Å²) in [5, 5.41) is 0.693. The van der Waals surface area contributed by atoms with Gasteiger partial charge in [-0.05, 0) is 70.1 Å². The van der Waals surface area contributed by atoms with Crippen molar-refractivity contribution in [1.82, 2.24) is 0 Å². The fourth-order valence-corrected chi connectivity index (χ4v) is 3.48. The fraction of sp³-hybridized carbons (Fsp3) is 0.278. The molecule has 0 bridgehead atoms. The lowest BCUT2D eigenvalue weighted by molar-refractivity contribution is -0.143. The molecule has 0 spiro atoms. The minimum atomic E-state index is -0.417. The third kappa shape index (κ3) is 2.57. The van der Waals surface area contributed by atoms with Crippen molar-refractivity contribution in [2.24, 2.45) is 0 Å². The Morgan fingerprint density at radius 1 is 1.23 bits per heavy atom. The van der Waals surface area contributed by atoms with E-state index in [0.717, 1.165) is 39.6 Å². The molecule has 1 aliphatic carbocycles. The van der Waals surface area contributed by atoms with E-state index in [1.807, 2.05) is 36.4 Å². The number of carbonyl (C=O) groups is 1. The predicted molar refractivity (Wildman–Crippen MR) is 92.3 cm³/mol. The number of benzene rings is 2. The van der Waals surface area contributed by atoms with Crippen LogP contribution in [0.4, 0.5) is 0 Å². The second-order valence-electron chi connectivity index (χ2n) is 5.73. The lowest BCUT2D eigenvalue weighted by atomic mass is 9.93. The molecule has 2 aromatic carbocycles. The molecule has 4 heteroatoms. The van der Waals surface area contributed by atoms with Crippen molar-refractivity contribution in [2.75, 3.05) is 7.11 Å². The molecule has 2 aromatic rings. The van der Waals surface area contributed by atoms with Crippen LogP contribution in [0.15, 0.2) is 40.9 Å². The van der Waals surface area contributed by atoms with Crippen LogP contribution >= 0.6 is 27.5 Å². The molecule has 0 unspecified atom stereocenters. The summed E-state index contributed by atoms with van der Waals surface area (Å²) in [6.45, 7) is 2.06. The molecule has 0 amide bonds. The van der Waals surface area contributed by atoms with E-state index >= 15 is 0 Å². The van der Waals surface area contributed by atoms with Gasteiger partial charge in [-0.1, -0.05) is 35.9 Å². The topological polar surface area (TPSA) is 26.3 Å². The van der Waals surface area contributed by atoms with Crippen LogP contribution in [-0.2, 0) is 14.9 Å². The number of rotatable bonds is 3. The summed E-state index contributed by atoms with van der Waals surface area (Å²) in [6, 6.07) is 12.1. The van der Waals surface area contributed by atoms with Crippen molar-refractivity contribution >= 4 is 33.5 Å². The highest BCUT2D eigenvalue weighted by Crippen LogP contribution is 2.49. The van der Waals surface area contributed by atoms with E-state index in [4.69, 9.17) is 16.3 Å². The second-order valence-corrected chi connectivity index (χ2v) is 6.99. The Bertz CT molecular complexity index is 733. The largest absolute Gasteiger partial charge is 0.468 e. The van der Waals surface area contributed by atoms with Crippen molar-refractivity contribution in [3.8, 4) is 11.1 Å². The summed E-state index contributed by atoms with van der Waals surface area (Å²) in [6.07, 6.45) is 1.73. The molecule has 0 saturated heterocycles. The van der Waals surface area contributed by atoms with E-state index < -0.39 is 5.41 Å². The molecule has 2 nitrogen and oxygen atoms in total. The number of carbonyl (C=O) groups excluding carboxylic acids is 1. The smallest absolute Gasteiger partial charge is 0.316 e. The van der Waals surface area contributed by atoms with Crippen molar-refractivity contribution in [3.05, 3.63) is 57.0 Å². The summed E-state index contributed by atoms with van der Waals surface area (Å²) < 4.78 is 5.83. The number of hydrogen-bond donors (Lipinski definition) is 0. The van der Waals surface area contributed by atoms with Gasteiger partial charge in [-0.15, -0.1) is 0 Å². The fourth-order valence-electron chi connectivity index (χ4n) is 2.86. The minimum Gasteiger partial charge on any atom is -0.468 e. The zero-order valence-corrected chi connectivity index (χ0v) is 14.8. The summed E-state index contributed by atoms with van der Waals surface area (Å²) in [4.78, 5) is 11.9. The molecule has 0 N–H and O–H groups in total. The van der Waals surface area contributed by atoms with E-state index in [9.17, 15) is 4.79 Å². The normalized spacial score (nSPS) is 15.5. The monoisotopic (exact) mass is 378 g/mol. The van der Waals surface area contributed by atoms with Crippen LogP contribution in [0, 0.1) is 6.92 Å². The predicted octanol–water partition coefficient (Wildman–Crippen LogP) is 5.28. The highest BCUT2D eigenvalue weighted by molar-refractivity contribution is 9.10. The van der Waals surface area contributed by atoms with Crippen LogP contribution in [-0.4, -0.2) is 13.1 Å². The summed E-state index contributed by atoms with van der Waals surface area (Å²) in [5.41, 5.74) is 3.96. The quantitative estimate of drug-likeness (QED) is 0.678. The molecule has 22 heavy (non-hydrogen) atoms. The standard InChI is InChI=1S/C18H16BrClO2/c1-11-9-15(19)16(20)10-14(11)12-3-5-13(6-4-12)18(7-8-18)17(21)22-2/h3-6,9-10H,7-8H2,1-2H3. The van der Waals surface area contributed by atoms with Crippen LogP contribution in [0.5, 0.6) is 0 Å². The molecule has 1 aliphatic rings. The third-order valence-corrected chi connectivity index (χ3v) is 5.54. The highest BCUT2D eigenvalue weighted by atomic mass is 79.9. The Kier molecular flexibility index (Phi) is 4.04. The molecule has 0 radical (unpaired) electrons.